The van der Waals surface area contributed by atoms with E-state index in [9.17, 15) is 14.0 Å². The third kappa shape index (κ3) is 6.38. The van der Waals surface area contributed by atoms with E-state index in [0.29, 0.717) is 54.4 Å². The number of carbonyl (C=O) groups excluding carboxylic acids is 2. The Bertz CT molecular complexity index is 1330. The molecule has 0 aliphatic carbocycles. The van der Waals surface area contributed by atoms with E-state index in [1.54, 1.807) is 61.7 Å². The van der Waals surface area contributed by atoms with Gasteiger partial charge in [0.15, 0.2) is 5.82 Å². The van der Waals surface area contributed by atoms with Gasteiger partial charge in [-0.2, -0.15) is 0 Å². The fourth-order valence-electron chi connectivity index (χ4n) is 4.04. The van der Waals surface area contributed by atoms with Gasteiger partial charge in [-0.1, -0.05) is 53.5 Å². The minimum atomic E-state index is -0.512. The summed E-state index contributed by atoms with van der Waals surface area (Å²) in [7, 11) is 1.61. The monoisotopic (exact) mass is 555 g/mol. The Hall–Kier alpha value is -3.75. The van der Waals surface area contributed by atoms with Crippen molar-refractivity contribution in [2.75, 3.05) is 25.0 Å². The Labute approximate surface area is 231 Å². The van der Waals surface area contributed by atoms with E-state index in [-0.39, 0.29) is 28.1 Å². The molecular formula is C28H28Cl2FN5O2. The third-order valence-electron chi connectivity index (χ3n) is 5.86. The molecule has 1 heterocycles. The number of rotatable bonds is 12. The molecule has 0 aliphatic rings. The molecule has 3 rings (SSSR count). The highest BCUT2D eigenvalue weighted by atomic mass is 35.5. The zero-order valence-electron chi connectivity index (χ0n) is 21.1. The number of aromatic nitrogens is 1. The average Bonchev–Trinajstić information content (AvgIpc) is 2.92. The van der Waals surface area contributed by atoms with Crippen LogP contribution in [0.15, 0.2) is 72.2 Å². The number of aliphatic imine (C=N–C) groups is 1. The first-order valence-corrected chi connectivity index (χ1v) is 12.6. The SMILES string of the molecule is C=CCCN(C(=NC)c1cc(Cl)c(-c2ccccc2F)nc1N(C=O)c1ccccc1Cl)C(C)CNC=O. The predicted octanol–water partition coefficient (Wildman–Crippen LogP) is 5.88. The van der Waals surface area contributed by atoms with E-state index in [0.717, 1.165) is 0 Å². The summed E-state index contributed by atoms with van der Waals surface area (Å²) < 4.78 is 14.8. The second kappa shape index (κ2) is 13.7. The zero-order chi connectivity index (χ0) is 27.7. The van der Waals surface area contributed by atoms with Gasteiger partial charge in [-0.15, -0.1) is 6.58 Å². The highest BCUT2D eigenvalue weighted by Crippen LogP contribution is 2.37. The van der Waals surface area contributed by atoms with Gasteiger partial charge in [0.25, 0.3) is 0 Å². The first-order chi connectivity index (χ1) is 18.4. The number of para-hydroxylation sites is 1. The van der Waals surface area contributed by atoms with Gasteiger partial charge < -0.3 is 10.2 Å². The molecule has 0 saturated carbocycles. The van der Waals surface area contributed by atoms with Gasteiger partial charge in [0.05, 0.1) is 27.0 Å². The summed E-state index contributed by atoms with van der Waals surface area (Å²) in [4.78, 5) is 36.0. The fourth-order valence-corrected chi connectivity index (χ4v) is 4.52. The molecule has 198 valence electrons. The number of nitrogens with one attached hydrogen (secondary N) is 1. The molecule has 3 aromatic rings. The quantitative estimate of drug-likeness (QED) is 0.131. The summed E-state index contributed by atoms with van der Waals surface area (Å²) in [6.07, 6.45) is 3.61. The average molecular weight is 556 g/mol. The molecule has 0 bridgehead atoms. The Morgan fingerprint density at radius 2 is 1.87 bits per heavy atom. The molecule has 0 saturated heterocycles. The molecule has 0 fully saturated rings. The van der Waals surface area contributed by atoms with Crippen LogP contribution in [-0.4, -0.2) is 54.7 Å². The van der Waals surface area contributed by atoms with Crippen LogP contribution in [0.2, 0.25) is 10.0 Å². The Morgan fingerprint density at radius 1 is 1.16 bits per heavy atom. The summed E-state index contributed by atoms with van der Waals surface area (Å²) in [6, 6.07) is 14.3. The highest BCUT2D eigenvalue weighted by molar-refractivity contribution is 6.34. The molecule has 38 heavy (non-hydrogen) atoms. The molecule has 2 aromatic carbocycles. The predicted molar refractivity (Wildman–Crippen MR) is 152 cm³/mol. The molecule has 1 atom stereocenters. The number of nitrogens with zero attached hydrogens (tertiary/aromatic N) is 4. The Kier molecular flexibility index (Phi) is 10.4. The van der Waals surface area contributed by atoms with Crippen molar-refractivity contribution in [1.82, 2.24) is 15.2 Å². The van der Waals surface area contributed by atoms with Crippen molar-refractivity contribution in [3.63, 3.8) is 0 Å². The van der Waals surface area contributed by atoms with Gasteiger partial charge in [-0.3, -0.25) is 19.5 Å². The van der Waals surface area contributed by atoms with E-state index in [1.807, 2.05) is 11.8 Å². The normalized spacial score (nSPS) is 12.0. The molecule has 1 aromatic heterocycles. The maximum absolute atomic E-state index is 14.8. The second-order valence-electron chi connectivity index (χ2n) is 8.29. The lowest BCUT2D eigenvalue weighted by Crippen LogP contribution is -2.45. The summed E-state index contributed by atoms with van der Waals surface area (Å²) in [5.41, 5.74) is 1.14. The van der Waals surface area contributed by atoms with Crippen LogP contribution in [0.1, 0.15) is 18.9 Å². The van der Waals surface area contributed by atoms with Crippen LogP contribution in [0, 0.1) is 5.82 Å². The zero-order valence-corrected chi connectivity index (χ0v) is 22.6. The van der Waals surface area contributed by atoms with Crippen molar-refractivity contribution in [1.29, 1.82) is 0 Å². The standard InChI is InChI=1S/C28H28Cl2FN5O2/c1-4-5-14-35(19(2)16-33-17-37)27(32-3)21-15-23(30)26(20-10-6-8-12-24(20)31)34-28(21)36(18-38)25-13-9-7-11-22(25)29/h4,6-13,15,17-19H,1,5,14,16H2,2-3H3,(H,33,37). The number of hydrogen-bond donors (Lipinski definition) is 1. The molecular weight excluding hydrogens is 528 g/mol. The molecule has 1 unspecified atom stereocenters. The summed E-state index contributed by atoms with van der Waals surface area (Å²) >= 11 is 13.2. The van der Waals surface area contributed by atoms with Gasteiger partial charge in [0, 0.05) is 31.7 Å². The van der Waals surface area contributed by atoms with Crippen LogP contribution in [0.3, 0.4) is 0 Å². The summed E-state index contributed by atoms with van der Waals surface area (Å²) in [5, 5.41) is 3.18. The van der Waals surface area contributed by atoms with Crippen molar-refractivity contribution >= 4 is 53.4 Å². The van der Waals surface area contributed by atoms with Crippen LogP contribution in [0.25, 0.3) is 11.3 Å². The van der Waals surface area contributed by atoms with Gasteiger partial charge in [-0.25, -0.2) is 9.37 Å². The smallest absolute Gasteiger partial charge is 0.219 e. The van der Waals surface area contributed by atoms with E-state index >= 15 is 0 Å². The van der Waals surface area contributed by atoms with Crippen molar-refractivity contribution in [3.8, 4) is 11.3 Å². The number of pyridine rings is 1. The lowest BCUT2D eigenvalue weighted by Gasteiger charge is -2.33. The van der Waals surface area contributed by atoms with E-state index < -0.39 is 5.82 Å². The number of halogens is 3. The van der Waals surface area contributed by atoms with Crippen LogP contribution in [-0.2, 0) is 9.59 Å². The van der Waals surface area contributed by atoms with E-state index in [1.165, 1.54) is 11.0 Å². The van der Waals surface area contributed by atoms with Crippen LogP contribution in [0.5, 0.6) is 0 Å². The molecule has 0 aliphatic heterocycles. The lowest BCUT2D eigenvalue weighted by atomic mass is 10.1. The molecule has 0 spiro atoms. The second-order valence-corrected chi connectivity index (χ2v) is 9.10. The molecule has 2 amide bonds. The first kappa shape index (κ1) is 28.8. The van der Waals surface area contributed by atoms with Crippen LogP contribution >= 0.6 is 23.2 Å². The van der Waals surface area contributed by atoms with Crippen molar-refractivity contribution in [2.24, 2.45) is 4.99 Å². The van der Waals surface area contributed by atoms with Gasteiger partial charge >= 0.3 is 0 Å². The number of hydrogen-bond acceptors (Lipinski definition) is 4. The highest BCUT2D eigenvalue weighted by Gasteiger charge is 2.28. The van der Waals surface area contributed by atoms with Gasteiger partial charge in [0.2, 0.25) is 12.8 Å². The number of carbonyl (C=O) groups is 2. The van der Waals surface area contributed by atoms with E-state index in [2.05, 4.69) is 16.9 Å². The van der Waals surface area contributed by atoms with Crippen molar-refractivity contribution in [2.45, 2.75) is 19.4 Å². The van der Waals surface area contributed by atoms with Crippen molar-refractivity contribution in [3.05, 3.63) is 88.7 Å². The maximum Gasteiger partial charge on any atom is 0.219 e. The molecule has 10 heteroatoms. The summed E-state index contributed by atoms with van der Waals surface area (Å²) in [5.74, 6) is 0.118. The Balaban J connectivity index is 2.31. The minimum absolute atomic E-state index is 0.159. The maximum atomic E-state index is 14.8. The van der Waals surface area contributed by atoms with E-state index in [4.69, 9.17) is 28.2 Å². The van der Waals surface area contributed by atoms with Gasteiger partial charge in [-0.05, 0) is 43.7 Å². The minimum Gasteiger partial charge on any atom is -0.357 e. The fraction of sp³-hybridized carbons (Fsp3) is 0.214. The number of amides is 2. The summed E-state index contributed by atoms with van der Waals surface area (Å²) in [6.45, 7) is 6.59. The first-order valence-electron chi connectivity index (χ1n) is 11.8. The van der Waals surface area contributed by atoms with Crippen molar-refractivity contribution < 1.29 is 14.0 Å². The molecule has 0 radical (unpaired) electrons. The number of amidine groups is 1. The molecule has 1 N–H and O–H groups in total. The molecule has 7 nitrogen and oxygen atoms in total. The number of benzene rings is 2. The third-order valence-corrected chi connectivity index (χ3v) is 6.47. The lowest BCUT2D eigenvalue weighted by molar-refractivity contribution is -0.109. The van der Waals surface area contributed by atoms with Crippen LogP contribution in [0.4, 0.5) is 15.9 Å². The number of anilines is 2. The van der Waals surface area contributed by atoms with Crippen LogP contribution < -0.4 is 10.2 Å². The largest absolute Gasteiger partial charge is 0.357 e. The Morgan fingerprint density at radius 3 is 2.50 bits per heavy atom. The topological polar surface area (TPSA) is 77.9 Å². The van der Waals surface area contributed by atoms with Gasteiger partial charge in [0.1, 0.15) is 11.7 Å².